The van der Waals surface area contributed by atoms with E-state index in [0.29, 0.717) is 5.41 Å². The average Bonchev–Trinajstić information content (AvgIpc) is 2.99. The van der Waals surface area contributed by atoms with Gasteiger partial charge in [0.15, 0.2) is 0 Å². The number of benzene rings is 1. The first kappa shape index (κ1) is 21.1. The second-order valence-electron chi connectivity index (χ2n) is 9.90. The molecule has 1 N–H and O–H groups in total. The molecule has 2 aliphatic rings. The summed E-state index contributed by atoms with van der Waals surface area (Å²) in [5.41, 5.74) is 3.82. The van der Waals surface area contributed by atoms with Crippen molar-refractivity contribution >= 4 is 11.5 Å². The molecule has 1 amide bonds. The van der Waals surface area contributed by atoms with Gasteiger partial charge in [0.25, 0.3) is 5.91 Å². The Morgan fingerprint density at radius 1 is 1.14 bits per heavy atom. The van der Waals surface area contributed by atoms with Crippen LogP contribution in [0.1, 0.15) is 77.8 Å². The van der Waals surface area contributed by atoms with Crippen molar-refractivity contribution < 1.29 is 4.79 Å². The molecule has 154 valence electrons. The lowest BCUT2D eigenvalue weighted by molar-refractivity contribution is -0.116. The molecule has 1 aliphatic carbocycles. The molecule has 1 aliphatic heterocycles. The zero-order valence-electron chi connectivity index (χ0n) is 18.5. The molecule has 1 fully saturated rings. The minimum Gasteiger partial charge on any atom is -0.349 e. The quantitative estimate of drug-likeness (QED) is 0.737. The predicted octanol–water partition coefficient (Wildman–Crippen LogP) is 5.16. The fraction of sp³-hybridized carbons (Fsp3) is 0.640. The third kappa shape index (κ3) is 4.51. The smallest absolute Gasteiger partial charge is 0.251 e. The van der Waals surface area contributed by atoms with Crippen molar-refractivity contribution in [2.24, 2.45) is 5.41 Å². The Kier molecular flexibility index (Phi) is 6.34. The van der Waals surface area contributed by atoms with E-state index in [1.54, 1.807) is 0 Å². The van der Waals surface area contributed by atoms with Gasteiger partial charge in [-0.25, -0.2) is 0 Å². The van der Waals surface area contributed by atoms with Crippen molar-refractivity contribution in [1.82, 2.24) is 10.2 Å². The van der Waals surface area contributed by atoms with Crippen molar-refractivity contribution in [1.29, 1.82) is 0 Å². The molecule has 1 aromatic rings. The van der Waals surface area contributed by atoms with E-state index in [1.165, 1.54) is 18.5 Å². The number of hydrogen-bond acceptors (Lipinski definition) is 2. The number of carbonyl (C=O) groups is 1. The Hall–Kier alpha value is -1.61. The van der Waals surface area contributed by atoms with Crippen LogP contribution < -0.4 is 5.32 Å². The Morgan fingerprint density at radius 3 is 2.39 bits per heavy atom. The third-order valence-corrected chi connectivity index (χ3v) is 6.67. The van der Waals surface area contributed by atoms with Crippen LogP contribution in [0.2, 0.25) is 0 Å². The predicted molar refractivity (Wildman–Crippen MR) is 118 cm³/mol. The topological polar surface area (TPSA) is 32.3 Å². The number of hydrogen-bond donors (Lipinski definition) is 1. The second-order valence-corrected chi connectivity index (χ2v) is 9.90. The monoisotopic (exact) mass is 382 g/mol. The van der Waals surface area contributed by atoms with Crippen LogP contribution in [0.15, 0.2) is 30.3 Å². The molecule has 0 bridgehead atoms. The molecule has 28 heavy (non-hydrogen) atoms. The molecule has 1 spiro atoms. The van der Waals surface area contributed by atoms with Gasteiger partial charge in [0, 0.05) is 17.0 Å². The van der Waals surface area contributed by atoms with Crippen molar-refractivity contribution in [3.05, 3.63) is 41.5 Å². The van der Waals surface area contributed by atoms with E-state index in [-0.39, 0.29) is 17.4 Å². The van der Waals surface area contributed by atoms with Crippen molar-refractivity contribution in [3.8, 4) is 0 Å². The summed E-state index contributed by atoms with van der Waals surface area (Å²) in [5.74, 6) is 0.105. The Morgan fingerprint density at radius 2 is 1.79 bits per heavy atom. The van der Waals surface area contributed by atoms with Crippen LogP contribution in [-0.2, 0) is 10.2 Å². The largest absolute Gasteiger partial charge is 0.349 e. The highest BCUT2D eigenvalue weighted by Gasteiger charge is 2.42. The summed E-state index contributed by atoms with van der Waals surface area (Å²) in [6.07, 6.45) is 7.70. The van der Waals surface area contributed by atoms with Gasteiger partial charge >= 0.3 is 0 Å². The van der Waals surface area contributed by atoms with E-state index in [1.807, 2.05) is 0 Å². The molecular weight excluding hydrogens is 344 g/mol. The van der Waals surface area contributed by atoms with Crippen LogP contribution in [0.5, 0.6) is 0 Å². The second kappa shape index (κ2) is 8.41. The van der Waals surface area contributed by atoms with E-state index in [0.717, 1.165) is 49.9 Å². The number of piperidine rings is 1. The molecule has 0 saturated carbocycles. The van der Waals surface area contributed by atoms with Gasteiger partial charge in [0.1, 0.15) is 0 Å². The SMILES string of the molecule is CCC(CC)NC(=O)C1=CC2(CCN(CCC(C)(C)C)CC2)c2ccccc21. The summed E-state index contributed by atoms with van der Waals surface area (Å²) in [5, 5.41) is 3.25. The molecule has 1 aromatic carbocycles. The maximum absolute atomic E-state index is 13.0. The number of nitrogens with zero attached hydrogens (tertiary/aromatic N) is 1. The summed E-state index contributed by atoms with van der Waals surface area (Å²) in [6.45, 7) is 14.6. The van der Waals surface area contributed by atoms with E-state index in [4.69, 9.17) is 0 Å². The van der Waals surface area contributed by atoms with Crippen molar-refractivity contribution in [2.75, 3.05) is 19.6 Å². The Labute approximate surface area is 171 Å². The summed E-state index contributed by atoms with van der Waals surface area (Å²) >= 11 is 0. The first-order valence-electron chi connectivity index (χ1n) is 11.1. The van der Waals surface area contributed by atoms with Crippen LogP contribution in [-0.4, -0.2) is 36.5 Å². The lowest BCUT2D eigenvalue weighted by atomic mass is 9.74. The van der Waals surface area contributed by atoms with E-state index < -0.39 is 0 Å². The Bertz CT molecular complexity index is 716. The first-order valence-corrected chi connectivity index (χ1v) is 11.1. The number of nitrogens with one attached hydrogen (secondary N) is 1. The Balaban J connectivity index is 1.77. The van der Waals surface area contributed by atoms with Gasteiger partial charge in [-0.1, -0.05) is 65.0 Å². The summed E-state index contributed by atoms with van der Waals surface area (Å²) in [4.78, 5) is 15.7. The first-order chi connectivity index (χ1) is 13.3. The van der Waals surface area contributed by atoms with Crippen molar-refractivity contribution in [2.45, 2.75) is 78.2 Å². The van der Waals surface area contributed by atoms with E-state index >= 15 is 0 Å². The lowest BCUT2D eigenvalue weighted by Crippen LogP contribution is -2.42. The van der Waals surface area contributed by atoms with Gasteiger partial charge in [0.05, 0.1) is 0 Å². The average molecular weight is 383 g/mol. The summed E-state index contributed by atoms with van der Waals surface area (Å²) < 4.78 is 0. The molecule has 1 saturated heterocycles. The molecular formula is C25H38N2O. The van der Waals surface area contributed by atoms with Crippen LogP contribution in [0.3, 0.4) is 0 Å². The number of fused-ring (bicyclic) bond motifs is 2. The standard InChI is InChI=1S/C25H38N2O/c1-6-19(7-2)26-23(28)21-18-25(22-11-9-8-10-20(21)22)13-16-27(17-14-25)15-12-24(3,4)5/h8-11,18-19H,6-7,12-17H2,1-5H3,(H,26,28). The maximum Gasteiger partial charge on any atom is 0.251 e. The van der Waals surface area contributed by atoms with Crippen molar-refractivity contribution in [3.63, 3.8) is 0 Å². The number of likely N-dealkylation sites (tertiary alicyclic amines) is 1. The zero-order valence-corrected chi connectivity index (χ0v) is 18.5. The fourth-order valence-corrected chi connectivity index (χ4v) is 4.61. The minimum absolute atomic E-state index is 0.0371. The molecule has 3 rings (SSSR count). The van der Waals surface area contributed by atoms with Crippen LogP contribution in [0.25, 0.3) is 5.57 Å². The summed E-state index contributed by atoms with van der Waals surface area (Å²) in [6, 6.07) is 8.83. The molecule has 0 unspecified atom stereocenters. The highest BCUT2D eigenvalue weighted by molar-refractivity contribution is 6.21. The molecule has 0 atom stereocenters. The number of amides is 1. The molecule has 0 radical (unpaired) electrons. The zero-order chi connectivity index (χ0) is 20.4. The van der Waals surface area contributed by atoms with Crippen LogP contribution in [0, 0.1) is 5.41 Å². The van der Waals surface area contributed by atoms with Crippen LogP contribution >= 0.6 is 0 Å². The third-order valence-electron chi connectivity index (χ3n) is 6.67. The van der Waals surface area contributed by atoms with Crippen LogP contribution in [0.4, 0.5) is 0 Å². The minimum atomic E-state index is 0.0371. The maximum atomic E-state index is 13.0. The molecule has 0 aromatic heterocycles. The van der Waals surface area contributed by atoms with Gasteiger partial charge in [-0.05, 0) is 68.3 Å². The highest BCUT2D eigenvalue weighted by atomic mass is 16.1. The van der Waals surface area contributed by atoms with Gasteiger partial charge in [-0.15, -0.1) is 0 Å². The highest BCUT2D eigenvalue weighted by Crippen LogP contribution is 2.47. The van der Waals surface area contributed by atoms with Gasteiger partial charge in [-0.2, -0.15) is 0 Å². The fourth-order valence-electron chi connectivity index (χ4n) is 4.61. The van der Waals surface area contributed by atoms with Gasteiger partial charge in [-0.3, -0.25) is 4.79 Å². The molecule has 1 heterocycles. The molecule has 3 heteroatoms. The molecule has 3 nitrogen and oxygen atoms in total. The van der Waals surface area contributed by atoms with E-state index in [9.17, 15) is 4.79 Å². The van der Waals surface area contributed by atoms with E-state index in [2.05, 4.69) is 75.2 Å². The number of allylic oxidation sites excluding steroid dienone is 1. The van der Waals surface area contributed by atoms with Gasteiger partial charge < -0.3 is 10.2 Å². The summed E-state index contributed by atoms with van der Waals surface area (Å²) in [7, 11) is 0. The lowest BCUT2D eigenvalue weighted by Gasteiger charge is -2.40. The van der Waals surface area contributed by atoms with Gasteiger partial charge in [0.2, 0.25) is 0 Å². The number of rotatable bonds is 6. The number of carbonyl (C=O) groups excluding carboxylic acids is 1. The normalized spacial score (nSPS) is 19.0.